The Morgan fingerprint density at radius 1 is 0.295 bits per heavy atom. The standard InChI is InChI=1S/C60H53N/c1-59(2,3)48-38-47(39-49(41-48)60(4,5)6)53-29-18-24-45-25-19-30-55(58(45)53)54-28-16-17-31-57(54)61(50-26-14-9-15-27-50)51-35-32-42(33-36-51)46-34-37-52(43-20-10-7-11-21-43)56(40-46)44-22-12-8-13-23-44/h7-41H,1-6H3. The zero-order chi connectivity index (χ0) is 42.1. The molecule has 0 saturated heterocycles. The predicted molar refractivity (Wildman–Crippen MR) is 263 cm³/mol. The van der Waals surface area contributed by atoms with Gasteiger partial charge in [-0.3, -0.25) is 0 Å². The lowest BCUT2D eigenvalue weighted by Gasteiger charge is -2.29. The maximum atomic E-state index is 2.42. The van der Waals surface area contributed by atoms with Gasteiger partial charge in [-0.15, -0.1) is 0 Å². The lowest BCUT2D eigenvalue weighted by molar-refractivity contribution is 0.569. The van der Waals surface area contributed by atoms with Gasteiger partial charge < -0.3 is 4.90 Å². The van der Waals surface area contributed by atoms with Crippen LogP contribution in [0.2, 0.25) is 0 Å². The molecule has 9 aromatic rings. The summed E-state index contributed by atoms with van der Waals surface area (Å²) in [6, 6.07) is 77.8. The van der Waals surface area contributed by atoms with Gasteiger partial charge >= 0.3 is 0 Å². The number of hydrogen-bond acceptors (Lipinski definition) is 1. The van der Waals surface area contributed by atoms with Crippen molar-refractivity contribution in [3.05, 3.63) is 223 Å². The van der Waals surface area contributed by atoms with Gasteiger partial charge in [-0.2, -0.15) is 0 Å². The highest BCUT2D eigenvalue weighted by atomic mass is 15.1. The number of benzene rings is 9. The van der Waals surface area contributed by atoms with Crippen LogP contribution in [0.5, 0.6) is 0 Å². The number of rotatable bonds is 8. The molecule has 1 nitrogen and oxygen atoms in total. The zero-order valence-electron chi connectivity index (χ0n) is 36.2. The molecule has 0 atom stereocenters. The lowest BCUT2D eigenvalue weighted by atomic mass is 9.78. The van der Waals surface area contributed by atoms with Crippen LogP contribution in [0.3, 0.4) is 0 Å². The third-order valence-corrected chi connectivity index (χ3v) is 12.0. The summed E-state index contributed by atoms with van der Waals surface area (Å²) in [5.74, 6) is 0. The summed E-state index contributed by atoms with van der Waals surface area (Å²) in [6.45, 7) is 13.9. The fraction of sp³-hybridized carbons (Fsp3) is 0.133. The van der Waals surface area contributed by atoms with Gasteiger partial charge in [0.2, 0.25) is 0 Å². The Hall–Kier alpha value is -6.96. The normalized spacial score (nSPS) is 11.8. The van der Waals surface area contributed by atoms with Crippen LogP contribution in [0, 0.1) is 0 Å². The van der Waals surface area contributed by atoms with E-state index in [0.717, 1.165) is 17.1 Å². The Labute approximate surface area is 362 Å². The smallest absolute Gasteiger partial charge is 0.0540 e. The number of para-hydroxylation sites is 2. The molecular weight excluding hydrogens is 735 g/mol. The molecular formula is C60H53N. The molecule has 0 bridgehead atoms. The average molecular weight is 788 g/mol. The average Bonchev–Trinajstić information content (AvgIpc) is 3.29. The predicted octanol–water partition coefficient (Wildman–Crippen LogP) is 17.2. The molecule has 0 unspecified atom stereocenters. The summed E-state index contributed by atoms with van der Waals surface area (Å²) >= 11 is 0. The van der Waals surface area contributed by atoms with Crippen molar-refractivity contribution in [1.29, 1.82) is 0 Å². The Morgan fingerprint density at radius 2 is 0.787 bits per heavy atom. The van der Waals surface area contributed by atoms with E-state index in [9.17, 15) is 0 Å². The third kappa shape index (κ3) is 8.05. The summed E-state index contributed by atoms with van der Waals surface area (Å²) in [5.41, 5.74) is 18.2. The summed E-state index contributed by atoms with van der Waals surface area (Å²) in [5, 5.41) is 2.49. The van der Waals surface area contributed by atoms with Gasteiger partial charge in [-0.1, -0.05) is 217 Å². The Bertz CT molecular complexity index is 2910. The Morgan fingerprint density at radius 3 is 1.39 bits per heavy atom. The van der Waals surface area contributed by atoms with Crippen LogP contribution >= 0.6 is 0 Å². The van der Waals surface area contributed by atoms with E-state index in [1.165, 1.54) is 77.5 Å². The first-order valence-corrected chi connectivity index (χ1v) is 21.5. The molecule has 0 aliphatic rings. The minimum Gasteiger partial charge on any atom is -0.310 e. The molecule has 0 aliphatic carbocycles. The molecule has 0 saturated carbocycles. The van der Waals surface area contributed by atoms with Crippen LogP contribution in [0.15, 0.2) is 212 Å². The maximum absolute atomic E-state index is 2.42. The SMILES string of the molecule is CC(C)(C)c1cc(-c2cccc3cccc(-c4ccccc4N(c4ccccc4)c4ccc(-c5ccc(-c6ccccc6)c(-c6ccccc6)c5)cc4)c23)cc(C(C)(C)C)c1. The van der Waals surface area contributed by atoms with E-state index in [1.54, 1.807) is 0 Å². The topological polar surface area (TPSA) is 3.24 Å². The van der Waals surface area contributed by atoms with Gasteiger partial charge in [-0.25, -0.2) is 0 Å². The van der Waals surface area contributed by atoms with Gasteiger partial charge in [0.15, 0.2) is 0 Å². The number of hydrogen-bond donors (Lipinski definition) is 0. The molecule has 61 heavy (non-hydrogen) atoms. The van der Waals surface area contributed by atoms with Gasteiger partial charge in [0.25, 0.3) is 0 Å². The van der Waals surface area contributed by atoms with Gasteiger partial charge in [0.05, 0.1) is 5.69 Å². The van der Waals surface area contributed by atoms with Crippen LogP contribution in [-0.4, -0.2) is 0 Å². The molecule has 0 spiro atoms. The largest absolute Gasteiger partial charge is 0.310 e. The zero-order valence-corrected chi connectivity index (χ0v) is 36.2. The van der Waals surface area contributed by atoms with Crippen molar-refractivity contribution in [3.63, 3.8) is 0 Å². The second-order valence-corrected chi connectivity index (χ2v) is 18.2. The van der Waals surface area contributed by atoms with Crippen molar-refractivity contribution in [2.75, 3.05) is 4.90 Å². The fourth-order valence-electron chi connectivity index (χ4n) is 8.61. The Kier molecular flexibility index (Phi) is 10.5. The van der Waals surface area contributed by atoms with E-state index in [-0.39, 0.29) is 10.8 Å². The molecule has 9 rings (SSSR count). The highest BCUT2D eigenvalue weighted by molar-refractivity contribution is 6.09. The summed E-state index contributed by atoms with van der Waals surface area (Å²) in [4.78, 5) is 2.41. The molecule has 1 heteroatoms. The van der Waals surface area contributed by atoms with Crippen LogP contribution in [-0.2, 0) is 10.8 Å². The first kappa shape index (κ1) is 39.5. The van der Waals surface area contributed by atoms with Gasteiger partial charge in [0, 0.05) is 16.9 Å². The van der Waals surface area contributed by atoms with Crippen LogP contribution in [0.25, 0.3) is 66.4 Å². The van der Waals surface area contributed by atoms with E-state index >= 15 is 0 Å². The van der Waals surface area contributed by atoms with E-state index < -0.39 is 0 Å². The van der Waals surface area contributed by atoms with Crippen molar-refractivity contribution in [3.8, 4) is 55.6 Å². The van der Waals surface area contributed by atoms with Crippen molar-refractivity contribution in [1.82, 2.24) is 0 Å². The van der Waals surface area contributed by atoms with E-state index in [0.29, 0.717) is 0 Å². The van der Waals surface area contributed by atoms with E-state index in [4.69, 9.17) is 0 Å². The molecule has 0 N–H and O–H groups in total. The minimum atomic E-state index is 0.0115. The number of nitrogens with zero attached hydrogens (tertiary/aromatic N) is 1. The quantitative estimate of drug-likeness (QED) is 0.148. The molecule has 0 radical (unpaired) electrons. The monoisotopic (exact) mass is 787 g/mol. The highest BCUT2D eigenvalue weighted by Crippen LogP contribution is 2.46. The van der Waals surface area contributed by atoms with Gasteiger partial charge in [0.1, 0.15) is 0 Å². The molecule has 0 fully saturated rings. The maximum Gasteiger partial charge on any atom is 0.0540 e. The van der Waals surface area contributed by atoms with Crippen molar-refractivity contribution >= 4 is 27.8 Å². The summed E-state index contributed by atoms with van der Waals surface area (Å²) in [6.07, 6.45) is 0. The second-order valence-electron chi connectivity index (χ2n) is 18.2. The van der Waals surface area contributed by atoms with Crippen LogP contribution in [0.4, 0.5) is 17.1 Å². The molecule has 0 heterocycles. The van der Waals surface area contributed by atoms with E-state index in [1.807, 2.05) is 0 Å². The van der Waals surface area contributed by atoms with Crippen molar-refractivity contribution in [2.45, 2.75) is 52.4 Å². The molecule has 9 aromatic carbocycles. The molecule has 298 valence electrons. The summed E-state index contributed by atoms with van der Waals surface area (Å²) in [7, 11) is 0. The Balaban J connectivity index is 1.18. The molecule has 0 aromatic heterocycles. The fourth-order valence-corrected chi connectivity index (χ4v) is 8.61. The summed E-state index contributed by atoms with van der Waals surface area (Å²) < 4.78 is 0. The van der Waals surface area contributed by atoms with Crippen molar-refractivity contribution < 1.29 is 0 Å². The highest BCUT2D eigenvalue weighted by Gasteiger charge is 2.24. The van der Waals surface area contributed by atoms with Crippen molar-refractivity contribution in [2.24, 2.45) is 0 Å². The third-order valence-electron chi connectivity index (χ3n) is 12.0. The molecule has 0 amide bonds. The van der Waals surface area contributed by atoms with E-state index in [2.05, 4.69) is 259 Å². The number of anilines is 3. The lowest BCUT2D eigenvalue weighted by Crippen LogP contribution is -2.16. The second kappa shape index (κ2) is 16.2. The van der Waals surface area contributed by atoms with Crippen LogP contribution in [0.1, 0.15) is 52.7 Å². The first-order chi connectivity index (χ1) is 29.5. The number of fused-ring (bicyclic) bond motifs is 1. The minimum absolute atomic E-state index is 0.0115. The van der Waals surface area contributed by atoms with Gasteiger partial charge in [-0.05, 0) is 119 Å². The first-order valence-electron chi connectivity index (χ1n) is 21.5. The molecule has 0 aliphatic heterocycles. The van der Waals surface area contributed by atoms with Crippen LogP contribution < -0.4 is 4.90 Å².